The Bertz CT molecular complexity index is 1840. The third kappa shape index (κ3) is 4.56. The van der Waals surface area contributed by atoms with Crippen molar-refractivity contribution in [1.29, 1.82) is 10.5 Å². The minimum absolute atomic E-state index is 0.0912. The van der Waals surface area contributed by atoms with Crippen LogP contribution in [0.15, 0.2) is 46.9 Å². The van der Waals surface area contributed by atoms with Crippen LogP contribution in [0.3, 0.4) is 0 Å². The standard InChI is InChI=1S/C30H31F2N11/c1-28(2,3)15-36-24-18(13-34)14-35-23-17(12-33)10-19(11-21(23)24)38-26(20-6-5-7-22-25(20)43(4)42-39-22)30(16-37-41-40-30)29(8-9-29)27(31)32/h5-7,10-11,14,26-27,38H,8-9,15-16H2,1-4H3,(H,35,36)(H,37,40). The average molecular weight is 584 g/mol. The predicted molar refractivity (Wildman–Crippen MR) is 157 cm³/mol. The van der Waals surface area contributed by atoms with Crippen molar-refractivity contribution < 1.29 is 8.78 Å². The van der Waals surface area contributed by atoms with Crippen LogP contribution in [-0.4, -0.2) is 45.0 Å². The molecule has 0 radical (unpaired) electrons. The first kappa shape index (κ1) is 28.2. The second kappa shape index (κ2) is 10.1. The number of alkyl halides is 2. The summed E-state index contributed by atoms with van der Waals surface area (Å²) in [6, 6.07) is 12.6. The monoisotopic (exact) mass is 583 g/mol. The minimum atomic E-state index is -2.64. The largest absolute Gasteiger partial charge is 0.383 e. The zero-order chi connectivity index (χ0) is 30.6. The highest BCUT2D eigenvalue weighted by atomic mass is 19.3. The van der Waals surface area contributed by atoms with Crippen LogP contribution in [0.5, 0.6) is 0 Å². The summed E-state index contributed by atoms with van der Waals surface area (Å²) in [4.78, 5) is 4.44. The molecule has 13 heteroatoms. The van der Waals surface area contributed by atoms with Crippen LogP contribution in [-0.2, 0) is 7.05 Å². The summed E-state index contributed by atoms with van der Waals surface area (Å²) in [5.41, 5.74) is 4.03. The van der Waals surface area contributed by atoms with Crippen molar-refractivity contribution in [2.75, 3.05) is 23.7 Å². The Balaban J connectivity index is 1.57. The quantitative estimate of drug-likeness (QED) is 0.242. The van der Waals surface area contributed by atoms with E-state index >= 15 is 0 Å². The fourth-order valence-corrected chi connectivity index (χ4v) is 6.11. The van der Waals surface area contributed by atoms with Gasteiger partial charge in [0.05, 0.1) is 45.8 Å². The van der Waals surface area contributed by atoms with E-state index in [4.69, 9.17) is 0 Å². The van der Waals surface area contributed by atoms with E-state index in [1.807, 2.05) is 18.2 Å². The first-order valence-corrected chi connectivity index (χ1v) is 14.0. The third-order valence-electron chi connectivity index (χ3n) is 8.48. The molecule has 2 atom stereocenters. The predicted octanol–water partition coefficient (Wildman–Crippen LogP) is 5.63. The lowest BCUT2D eigenvalue weighted by Gasteiger charge is -2.41. The number of para-hydroxylation sites is 1. The SMILES string of the molecule is Cn1nnc2cccc(C(Nc3cc(C#N)c4ncc(C#N)c(NCC(C)(C)C)c4c3)C3(C4(C(F)F)CC4)CNN=N3)c21. The lowest BCUT2D eigenvalue weighted by atomic mass is 9.72. The van der Waals surface area contributed by atoms with Crippen molar-refractivity contribution >= 4 is 33.3 Å². The van der Waals surface area contributed by atoms with E-state index in [0.717, 1.165) is 0 Å². The van der Waals surface area contributed by atoms with E-state index in [2.05, 4.69) is 74.6 Å². The number of nitriles is 2. The molecule has 11 nitrogen and oxygen atoms in total. The van der Waals surface area contributed by atoms with Crippen molar-refractivity contribution in [2.45, 2.75) is 51.6 Å². The zero-order valence-corrected chi connectivity index (χ0v) is 24.3. The Kier molecular flexibility index (Phi) is 6.64. The molecule has 1 saturated carbocycles. The molecule has 2 aliphatic rings. The summed E-state index contributed by atoms with van der Waals surface area (Å²) in [6.45, 7) is 6.87. The minimum Gasteiger partial charge on any atom is -0.383 e. The lowest BCUT2D eigenvalue weighted by Crippen LogP contribution is -2.52. The molecule has 220 valence electrons. The molecule has 4 aromatic rings. The van der Waals surface area contributed by atoms with Gasteiger partial charge in [-0.05, 0) is 36.5 Å². The molecule has 1 aliphatic heterocycles. The molecule has 0 bridgehead atoms. The summed E-state index contributed by atoms with van der Waals surface area (Å²) < 4.78 is 31.4. The van der Waals surface area contributed by atoms with Crippen molar-refractivity contribution in [2.24, 2.45) is 28.2 Å². The maximum Gasteiger partial charge on any atom is 0.246 e. The van der Waals surface area contributed by atoms with Gasteiger partial charge >= 0.3 is 0 Å². The Hall–Kier alpha value is -4.91. The Morgan fingerprint density at radius 3 is 2.53 bits per heavy atom. The number of rotatable bonds is 8. The van der Waals surface area contributed by atoms with Crippen LogP contribution in [0.25, 0.3) is 21.9 Å². The molecule has 1 aliphatic carbocycles. The van der Waals surface area contributed by atoms with Crippen LogP contribution in [0.2, 0.25) is 0 Å². The summed E-state index contributed by atoms with van der Waals surface area (Å²) in [7, 11) is 1.75. The van der Waals surface area contributed by atoms with Crippen LogP contribution >= 0.6 is 0 Å². The van der Waals surface area contributed by atoms with Crippen molar-refractivity contribution in [3.05, 3.63) is 53.2 Å². The summed E-state index contributed by atoms with van der Waals surface area (Å²) in [5, 5.41) is 44.5. The molecule has 3 N–H and O–H groups in total. The number of aromatic nitrogens is 4. The maximum absolute atomic E-state index is 14.9. The van der Waals surface area contributed by atoms with E-state index in [1.165, 1.54) is 6.20 Å². The second-order valence-corrected chi connectivity index (χ2v) is 12.5. The summed E-state index contributed by atoms with van der Waals surface area (Å²) >= 11 is 0. The molecule has 0 spiro atoms. The van der Waals surface area contributed by atoms with E-state index in [0.29, 0.717) is 63.8 Å². The molecule has 43 heavy (non-hydrogen) atoms. The van der Waals surface area contributed by atoms with Crippen LogP contribution in [0.4, 0.5) is 20.2 Å². The van der Waals surface area contributed by atoms with Gasteiger partial charge < -0.3 is 10.6 Å². The number of anilines is 2. The molecule has 0 amide bonds. The highest BCUT2D eigenvalue weighted by molar-refractivity contribution is 5.99. The molecule has 1 fully saturated rings. The Labute approximate surface area is 247 Å². The molecule has 3 heterocycles. The highest BCUT2D eigenvalue weighted by Crippen LogP contribution is 2.64. The molecule has 2 aromatic heterocycles. The molecular weight excluding hydrogens is 552 g/mol. The summed E-state index contributed by atoms with van der Waals surface area (Å²) in [5.74, 6) is 0. The number of aryl methyl sites for hydroxylation is 1. The fraction of sp³-hybridized carbons (Fsp3) is 0.433. The number of nitrogens with one attached hydrogen (secondary N) is 3. The number of fused-ring (bicyclic) bond motifs is 2. The molecule has 2 aromatic carbocycles. The third-order valence-corrected chi connectivity index (χ3v) is 8.48. The van der Waals surface area contributed by atoms with Gasteiger partial charge in [0.1, 0.15) is 23.2 Å². The van der Waals surface area contributed by atoms with Gasteiger partial charge in [0.2, 0.25) is 6.43 Å². The van der Waals surface area contributed by atoms with E-state index in [9.17, 15) is 19.3 Å². The lowest BCUT2D eigenvalue weighted by molar-refractivity contribution is 0.00918. The van der Waals surface area contributed by atoms with Gasteiger partial charge in [-0.15, -0.1) is 5.10 Å². The molecular formula is C30H31F2N11. The Morgan fingerprint density at radius 1 is 1.14 bits per heavy atom. The first-order valence-electron chi connectivity index (χ1n) is 14.0. The van der Waals surface area contributed by atoms with Gasteiger partial charge in [-0.1, -0.05) is 43.3 Å². The van der Waals surface area contributed by atoms with Gasteiger partial charge in [0.15, 0.2) is 0 Å². The van der Waals surface area contributed by atoms with Crippen molar-refractivity contribution in [3.8, 4) is 12.1 Å². The summed E-state index contributed by atoms with van der Waals surface area (Å²) in [6.07, 6.45) is -0.595. The van der Waals surface area contributed by atoms with Crippen LogP contribution in [0.1, 0.15) is 56.3 Å². The highest BCUT2D eigenvalue weighted by Gasteiger charge is 2.70. The number of pyridine rings is 1. The molecule has 2 unspecified atom stereocenters. The topological polar surface area (TPSA) is 152 Å². The van der Waals surface area contributed by atoms with Gasteiger partial charge in [0, 0.05) is 36.4 Å². The zero-order valence-electron chi connectivity index (χ0n) is 24.3. The number of halogens is 2. The number of hydrogen-bond donors (Lipinski definition) is 3. The number of hydrogen-bond acceptors (Lipinski definition) is 10. The number of nitrogens with zero attached hydrogens (tertiary/aromatic N) is 8. The fourth-order valence-electron chi connectivity index (χ4n) is 6.11. The van der Waals surface area contributed by atoms with Crippen LogP contribution in [0, 0.1) is 33.5 Å². The van der Waals surface area contributed by atoms with Crippen molar-refractivity contribution in [1.82, 2.24) is 25.4 Å². The smallest absolute Gasteiger partial charge is 0.246 e. The molecule has 6 rings (SSSR count). The Morgan fingerprint density at radius 2 is 1.91 bits per heavy atom. The number of benzene rings is 2. The van der Waals surface area contributed by atoms with Gasteiger partial charge in [-0.25, -0.2) is 13.5 Å². The normalized spacial score (nSPS) is 19.7. The van der Waals surface area contributed by atoms with Gasteiger partial charge in [0.25, 0.3) is 0 Å². The van der Waals surface area contributed by atoms with E-state index < -0.39 is 23.4 Å². The van der Waals surface area contributed by atoms with Gasteiger partial charge in [-0.3, -0.25) is 10.4 Å². The average Bonchev–Trinajstić information content (AvgIpc) is 3.51. The maximum atomic E-state index is 14.9. The first-order chi connectivity index (χ1) is 20.5. The van der Waals surface area contributed by atoms with Crippen molar-refractivity contribution in [3.63, 3.8) is 0 Å². The second-order valence-electron chi connectivity index (χ2n) is 12.5. The van der Waals surface area contributed by atoms with Gasteiger partial charge in [-0.2, -0.15) is 15.6 Å². The molecule has 0 saturated heterocycles. The van der Waals surface area contributed by atoms with Crippen LogP contribution < -0.4 is 16.1 Å². The van der Waals surface area contributed by atoms with E-state index in [1.54, 1.807) is 23.9 Å². The van der Waals surface area contributed by atoms with E-state index in [-0.39, 0.29) is 17.5 Å².